The molecule has 1 atom stereocenters. The molecule has 2 aromatic rings. The number of hydrogen-bond donors (Lipinski definition) is 1. The third-order valence-corrected chi connectivity index (χ3v) is 7.13. The molecule has 1 heteroatoms. The highest BCUT2D eigenvalue weighted by atomic mass is 14.9. The van der Waals surface area contributed by atoms with Crippen molar-refractivity contribution >= 4 is 11.1 Å². The van der Waals surface area contributed by atoms with E-state index in [1.54, 1.807) is 6.08 Å². The Morgan fingerprint density at radius 2 is 1.82 bits per heavy atom. The third kappa shape index (κ3) is 5.50. The molecule has 0 bridgehead atoms. The molecule has 0 aromatic heterocycles. The summed E-state index contributed by atoms with van der Waals surface area (Å²) in [6.07, 6.45) is 26.1. The van der Waals surface area contributed by atoms with E-state index in [4.69, 9.17) is 0 Å². The summed E-state index contributed by atoms with van der Waals surface area (Å²) >= 11 is 0. The summed E-state index contributed by atoms with van der Waals surface area (Å²) in [6.45, 7) is 10.4. The van der Waals surface area contributed by atoms with E-state index >= 15 is 0 Å². The Bertz CT molecular complexity index is 1750. The number of allylic oxidation sites excluding steroid dienone is 12. The second-order valence-corrected chi connectivity index (χ2v) is 9.72. The second-order valence-electron chi connectivity index (χ2n) is 9.72. The summed E-state index contributed by atoms with van der Waals surface area (Å²) in [5.41, 5.74) is 25.9. The van der Waals surface area contributed by atoms with Crippen molar-refractivity contribution in [2.24, 2.45) is 0 Å². The molecule has 3 aliphatic carbocycles. The number of aryl methyl sites for hydroxylation is 1. The first kappa shape index (κ1) is 25.7. The maximum absolute atomic E-state index is 3.81. The molecule has 0 spiro atoms. The maximum atomic E-state index is 3.81. The number of rotatable bonds is 9. The standard InChI is InChI=1S/C38H31N/c1-5-6-8-16-27(2)36-29(4)28(3)25-35(37(36)30-17-11-12-18-30)32-21-15-22-33(26-32)38(31-19-13-14-20-31)39-34-23-9-7-10-24-34/h5-6,8-9,11-17,19,21-26,38-39H,1H2,2-4H3/b8-6-,27-16+. The summed E-state index contributed by atoms with van der Waals surface area (Å²) in [5.74, 6) is 0. The van der Waals surface area contributed by atoms with Gasteiger partial charge < -0.3 is 5.32 Å². The molecule has 1 unspecified atom stereocenters. The average Bonchev–Trinajstić information content (AvgIpc) is 3.69. The van der Waals surface area contributed by atoms with Gasteiger partial charge in [-0.25, -0.2) is 0 Å². The molecule has 3 aliphatic rings. The maximum Gasteiger partial charge on any atom is 0.0840 e. The van der Waals surface area contributed by atoms with Crippen molar-refractivity contribution in [1.29, 1.82) is 0 Å². The van der Waals surface area contributed by atoms with Gasteiger partial charge in [0.05, 0.1) is 6.04 Å². The Morgan fingerprint density at radius 3 is 2.54 bits per heavy atom. The quantitative estimate of drug-likeness (QED) is 0.267. The predicted molar refractivity (Wildman–Crippen MR) is 166 cm³/mol. The van der Waals surface area contributed by atoms with Crippen LogP contribution >= 0.6 is 0 Å². The molecule has 2 aromatic carbocycles. The zero-order chi connectivity index (χ0) is 27.2. The van der Waals surface area contributed by atoms with Gasteiger partial charge in [-0.15, -0.1) is 11.5 Å². The van der Waals surface area contributed by atoms with Crippen molar-refractivity contribution in [1.82, 2.24) is 5.32 Å². The largest absolute Gasteiger partial charge is 0.373 e. The number of benzene rings is 2. The van der Waals surface area contributed by atoms with Gasteiger partial charge >= 0.3 is 0 Å². The lowest BCUT2D eigenvalue weighted by Crippen LogP contribution is -2.21. The molecule has 1 nitrogen and oxygen atoms in total. The van der Waals surface area contributed by atoms with Gasteiger partial charge in [0.15, 0.2) is 0 Å². The minimum absolute atomic E-state index is 0.0543. The monoisotopic (exact) mass is 501 g/mol. The van der Waals surface area contributed by atoms with Crippen molar-refractivity contribution in [2.45, 2.75) is 26.8 Å². The summed E-state index contributed by atoms with van der Waals surface area (Å²) in [6, 6.07) is 11.1. The molecule has 0 saturated heterocycles. The van der Waals surface area contributed by atoms with E-state index < -0.39 is 0 Å². The van der Waals surface area contributed by atoms with Crippen LogP contribution in [0.5, 0.6) is 0 Å². The summed E-state index contributed by atoms with van der Waals surface area (Å²) in [4.78, 5) is 0. The first-order chi connectivity index (χ1) is 19.1. The van der Waals surface area contributed by atoms with E-state index in [9.17, 15) is 0 Å². The fourth-order valence-corrected chi connectivity index (χ4v) is 5.12. The van der Waals surface area contributed by atoms with Crippen molar-refractivity contribution in [3.63, 3.8) is 0 Å². The van der Waals surface area contributed by atoms with E-state index in [1.807, 2.05) is 48.6 Å². The summed E-state index contributed by atoms with van der Waals surface area (Å²) in [5, 5.41) is 3.68. The Labute approximate surface area is 232 Å². The lowest BCUT2D eigenvalue weighted by molar-refractivity contribution is 0.706. The zero-order valence-corrected chi connectivity index (χ0v) is 22.7. The van der Waals surface area contributed by atoms with Crippen LogP contribution in [-0.4, -0.2) is 0 Å². The SMILES string of the molecule is C=C/C=C\C=C(/C)c1c(C)c(C)cc(-c2cccc(C(NC3=CC=C=C=C3)C3=C=CC=C3)c2)c1C1=C=CC=C1. The fraction of sp³-hybridized carbons (Fsp3) is 0.105. The predicted octanol–water partition coefficient (Wildman–Crippen LogP) is 9.27. The Kier molecular flexibility index (Phi) is 7.63. The van der Waals surface area contributed by atoms with Gasteiger partial charge in [-0.2, -0.15) is 0 Å². The number of hydrogen-bond acceptors (Lipinski definition) is 1. The summed E-state index contributed by atoms with van der Waals surface area (Å²) in [7, 11) is 0. The molecule has 188 valence electrons. The van der Waals surface area contributed by atoms with E-state index in [2.05, 4.69) is 110 Å². The van der Waals surface area contributed by atoms with Gasteiger partial charge in [0.1, 0.15) is 0 Å². The molecule has 5 rings (SSSR count). The highest BCUT2D eigenvalue weighted by molar-refractivity contribution is 5.94. The smallest absolute Gasteiger partial charge is 0.0840 e. The molecule has 0 heterocycles. The average molecular weight is 502 g/mol. The van der Waals surface area contributed by atoms with Crippen molar-refractivity contribution < 1.29 is 0 Å². The van der Waals surface area contributed by atoms with Crippen LogP contribution in [0.2, 0.25) is 0 Å². The van der Waals surface area contributed by atoms with Crippen LogP contribution in [0.1, 0.15) is 40.8 Å². The molecular weight excluding hydrogens is 470 g/mol. The van der Waals surface area contributed by atoms with E-state index in [0.29, 0.717) is 0 Å². The highest BCUT2D eigenvalue weighted by Gasteiger charge is 2.21. The lowest BCUT2D eigenvalue weighted by atomic mass is 9.82. The van der Waals surface area contributed by atoms with Crippen LogP contribution in [-0.2, 0) is 0 Å². The van der Waals surface area contributed by atoms with Crippen LogP contribution in [0.15, 0.2) is 150 Å². The van der Waals surface area contributed by atoms with Crippen molar-refractivity contribution in [3.8, 4) is 11.1 Å². The molecule has 0 aliphatic heterocycles. The van der Waals surface area contributed by atoms with Gasteiger partial charge in [0.25, 0.3) is 0 Å². The molecule has 1 N–H and O–H groups in total. The van der Waals surface area contributed by atoms with Crippen LogP contribution in [0, 0.1) is 13.8 Å². The van der Waals surface area contributed by atoms with E-state index in [-0.39, 0.29) is 6.04 Å². The summed E-state index contributed by atoms with van der Waals surface area (Å²) < 4.78 is 0. The second kappa shape index (κ2) is 11.6. The van der Waals surface area contributed by atoms with Gasteiger partial charge in [-0.3, -0.25) is 0 Å². The first-order valence-corrected chi connectivity index (χ1v) is 13.2. The van der Waals surface area contributed by atoms with Crippen molar-refractivity contribution in [3.05, 3.63) is 178 Å². The number of nitrogens with one attached hydrogen (secondary N) is 1. The molecular formula is C38H31N. The van der Waals surface area contributed by atoms with Gasteiger partial charge in [0.2, 0.25) is 0 Å². The normalized spacial score (nSPS) is 15.8. The van der Waals surface area contributed by atoms with Crippen LogP contribution in [0.4, 0.5) is 0 Å². The Morgan fingerprint density at radius 1 is 0.974 bits per heavy atom. The highest BCUT2D eigenvalue weighted by Crippen LogP contribution is 2.40. The first-order valence-electron chi connectivity index (χ1n) is 13.2. The fourth-order valence-electron chi connectivity index (χ4n) is 5.12. The molecule has 39 heavy (non-hydrogen) atoms. The molecule has 0 radical (unpaired) electrons. The van der Waals surface area contributed by atoms with Gasteiger partial charge in [0, 0.05) is 28.5 Å². The van der Waals surface area contributed by atoms with Crippen LogP contribution < -0.4 is 5.32 Å². The molecule has 0 saturated carbocycles. The van der Waals surface area contributed by atoms with Gasteiger partial charge in [-0.05, 0) is 102 Å². The van der Waals surface area contributed by atoms with Crippen molar-refractivity contribution in [2.75, 3.05) is 0 Å². The van der Waals surface area contributed by atoms with Gasteiger partial charge in [-0.1, -0.05) is 78.8 Å². The van der Waals surface area contributed by atoms with E-state index in [0.717, 1.165) is 16.8 Å². The Hall–Kier alpha value is -4.98. The minimum atomic E-state index is -0.0543. The topological polar surface area (TPSA) is 12.0 Å². The molecule has 0 amide bonds. The minimum Gasteiger partial charge on any atom is -0.373 e. The lowest BCUT2D eigenvalue weighted by Gasteiger charge is -2.23. The molecule has 0 fully saturated rings. The van der Waals surface area contributed by atoms with E-state index in [1.165, 1.54) is 44.5 Å². The zero-order valence-electron chi connectivity index (χ0n) is 22.7. The third-order valence-electron chi connectivity index (χ3n) is 7.13. The van der Waals surface area contributed by atoms with Crippen LogP contribution in [0.25, 0.3) is 22.3 Å². The van der Waals surface area contributed by atoms with Crippen LogP contribution in [0.3, 0.4) is 0 Å². The Balaban J connectivity index is 1.68.